The quantitative estimate of drug-likeness (QED) is 0.595. The summed E-state index contributed by atoms with van der Waals surface area (Å²) < 4.78 is 0. The van der Waals surface area contributed by atoms with E-state index in [-0.39, 0.29) is 29.3 Å². The van der Waals surface area contributed by atoms with Gasteiger partial charge in [0.1, 0.15) is 11.0 Å². The van der Waals surface area contributed by atoms with Crippen molar-refractivity contribution in [2.45, 2.75) is 62.5 Å². The molecule has 0 saturated carbocycles. The number of carbonyl (C=O) groups excluding carboxylic acids is 3. The summed E-state index contributed by atoms with van der Waals surface area (Å²) in [6, 6.07) is 0.113. The van der Waals surface area contributed by atoms with Gasteiger partial charge in [-0.2, -0.15) is 0 Å². The van der Waals surface area contributed by atoms with E-state index in [9.17, 15) is 14.4 Å². The van der Waals surface area contributed by atoms with Gasteiger partial charge < -0.3 is 16.0 Å². The molecule has 2 atom stereocenters. The number of thioether (sulfide) groups is 1. The van der Waals surface area contributed by atoms with Crippen molar-refractivity contribution >= 4 is 29.5 Å². The highest BCUT2D eigenvalue weighted by molar-refractivity contribution is 8.00. The topological polar surface area (TPSA) is 108 Å². The minimum atomic E-state index is -0.599. The molecule has 3 aliphatic rings. The van der Waals surface area contributed by atoms with Crippen LogP contribution in [0.25, 0.3) is 0 Å². The van der Waals surface area contributed by atoms with Crippen molar-refractivity contribution in [3.63, 3.8) is 0 Å². The third kappa shape index (κ3) is 4.75. The molecule has 9 heteroatoms. The zero-order valence-corrected chi connectivity index (χ0v) is 16.9. The van der Waals surface area contributed by atoms with Crippen molar-refractivity contribution in [2.24, 2.45) is 5.73 Å². The Hall–Kier alpha value is -1.32. The zero-order chi connectivity index (χ0) is 19.4. The number of carbonyl (C=O) groups is 3. The van der Waals surface area contributed by atoms with Gasteiger partial charge in [-0.15, -0.1) is 11.8 Å². The standard InChI is InChI=1S/C18H31N5O3S/c1-13-11-14(24)21-17(20-13)27-12-15(25)22-9-5-18(6-10-22,16(19)26)23-7-3-2-4-8-23/h13,17,20H,2-12H2,1H3,(H2,19,26)(H,21,24). The Labute approximate surface area is 164 Å². The number of piperidine rings is 2. The van der Waals surface area contributed by atoms with Crippen LogP contribution in [-0.4, -0.2) is 76.5 Å². The SMILES string of the molecule is CC1CC(=O)NC(SCC(=O)N2CCC(C(N)=O)(N3CCCCC3)CC2)N1. The molecular formula is C18H31N5O3S. The lowest BCUT2D eigenvalue weighted by Crippen LogP contribution is -2.63. The Bertz CT molecular complexity index is 573. The molecule has 3 saturated heterocycles. The number of primary amides is 1. The first-order valence-corrected chi connectivity index (χ1v) is 11.0. The average molecular weight is 398 g/mol. The van der Waals surface area contributed by atoms with E-state index in [0.29, 0.717) is 38.1 Å². The molecule has 3 fully saturated rings. The van der Waals surface area contributed by atoms with Crippen LogP contribution in [0.4, 0.5) is 0 Å². The summed E-state index contributed by atoms with van der Waals surface area (Å²) >= 11 is 1.40. The molecule has 0 aromatic carbocycles. The molecule has 3 rings (SSSR count). The van der Waals surface area contributed by atoms with Crippen molar-refractivity contribution in [3.8, 4) is 0 Å². The predicted molar refractivity (Wildman–Crippen MR) is 105 cm³/mol. The normalized spacial score (nSPS) is 29.2. The molecule has 3 heterocycles. The van der Waals surface area contributed by atoms with Crippen molar-refractivity contribution in [2.75, 3.05) is 31.9 Å². The van der Waals surface area contributed by atoms with Crippen LogP contribution in [-0.2, 0) is 14.4 Å². The lowest BCUT2D eigenvalue weighted by molar-refractivity contribution is -0.140. The van der Waals surface area contributed by atoms with Crippen LogP contribution >= 0.6 is 11.8 Å². The van der Waals surface area contributed by atoms with E-state index in [1.54, 1.807) is 0 Å². The molecule has 4 N–H and O–H groups in total. The van der Waals surface area contributed by atoms with E-state index >= 15 is 0 Å². The molecule has 0 aliphatic carbocycles. The van der Waals surface area contributed by atoms with Gasteiger partial charge in [-0.05, 0) is 45.7 Å². The van der Waals surface area contributed by atoms with Gasteiger partial charge in [-0.25, -0.2) is 0 Å². The fourth-order valence-electron chi connectivity index (χ4n) is 4.34. The smallest absolute Gasteiger partial charge is 0.238 e. The molecule has 3 amide bonds. The third-order valence-corrected chi connectivity index (χ3v) is 6.96. The van der Waals surface area contributed by atoms with Crippen LogP contribution in [0.2, 0.25) is 0 Å². The van der Waals surface area contributed by atoms with Crippen LogP contribution in [0, 0.1) is 0 Å². The molecule has 3 aliphatic heterocycles. The Morgan fingerprint density at radius 2 is 1.85 bits per heavy atom. The molecule has 0 aromatic rings. The predicted octanol–water partition coefficient (Wildman–Crippen LogP) is -0.166. The number of hydrogen-bond acceptors (Lipinski definition) is 6. The largest absolute Gasteiger partial charge is 0.368 e. The number of nitrogens with zero attached hydrogens (tertiary/aromatic N) is 2. The fourth-order valence-corrected chi connectivity index (χ4v) is 5.38. The van der Waals surface area contributed by atoms with E-state index in [1.807, 2.05) is 11.8 Å². The molecule has 0 radical (unpaired) electrons. The maximum atomic E-state index is 12.6. The van der Waals surface area contributed by atoms with E-state index in [2.05, 4.69) is 15.5 Å². The second-order valence-corrected chi connectivity index (χ2v) is 8.95. The maximum Gasteiger partial charge on any atom is 0.238 e. The number of rotatable bonds is 5. The summed E-state index contributed by atoms with van der Waals surface area (Å²) in [6.45, 7) is 4.90. The van der Waals surface area contributed by atoms with Gasteiger partial charge in [0.15, 0.2) is 0 Å². The Balaban J connectivity index is 1.50. The summed E-state index contributed by atoms with van der Waals surface area (Å²) in [6.07, 6.45) is 5.09. The van der Waals surface area contributed by atoms with Crippen LogP contribution in [0.15, 0.2) is 0 Å². The first kappa shape index (κ1) is 20.4. The minimum absolute atomic E-state index is 0.0111. The highest BCUT2D eigenvalue weighted by Crippen LogP contribution is 2.31. The van der Waals surface area contributed by atoms with Gasteiger partial charge in [0.05, 0.1) is 5.75 Å². The second-order valence-electron chi connectivity index (χ2n) is 7.85. The highest BCUT2D eigenvalue weighted by Gasteiger charge is 2.45. The van der Waals surface area contributed by atoms with Crippen molar-refractivity contribution < 1.29 is 14.4 Å². The lowest BCUT2D eigenvalue weighted by atomic mass is 9.83. The molecule has 8 nitrogen and oxygen atoms in total. The average Bonchev–Trinajstić information content (AvgIpc) is 2.66. The van der Waals surface area contributed by atoms with Gasteiger partial charge in [-0.3, -0.25) is 24.6 Å². The van der Waals surface area contributed by atoms with E-state index in [4.69, 9.17) is 5.73 Å². The molecule has 27 heavy (non-hydrogen) atoms. The zero-order valence-electron chi connectivity index (χ0n) is 16.0. The number of amides is 3. The summed E-state index contributed by atoms with van der Waals surface area (Å²) in [5.74, 6) is 0.106. The van der Waals surface area contributed by atoms with Crippen molar-refractivity contribution in [3.05, 3.63) is 0 Å². The van der Waals surface area contributed by atoms with Gasteiger partial charge in [0, 0.05) is 25.6 Å². The second kappa shape index (κ2) is 8.79. The summed E-state index contributed by atoms with van der Waals surface area (Å²) in [7, 11) is 0. The van der Waals surface area contributed by atoms with Crippen molar-refractivity contribution in [1.82, 2.24) is 20.4 Å². The van der Waals surface area contributed by atoms with Gasteiger partial charge >= 0.3 is 0 Å². The highest BCUT2D eigenvalue weighted by atomic mass is 32.2. The van der Waals surface area contributed by atoms with Gasteiger partial charge in [0.25, 0.3) is 0 Å². The third-order valence-electron chi connectivity index (χ3n) is 5.96. The van der Waals surface area contributed by atoms with E-state index < -0.39 is 5.54 Å². The molecule has 0 spiro atoms. The van der Waals surface area contributed by atoms with Crippen LogP contribution in [0.3, 0.4) is 0 Å². The Morgan fingerprint density at radius 1 is 1.19 bits per heavy atom. The molecule has 2 unspecified atom stereocenters. The van der Waals surface area contributed by atoms with E-state index in [0.717, 1.165) is 25.9 Å². The van der Waals surface area contributed by atoms with Crippen molar-refractivity contribution in [1.29, 1.82) is 0 Å². The first-order chi connectivity index (χ1) is 12.9. The summed E-state index contributed by atoms with van der Waals surface area (Å²) in [5, 5.41) is 6.12. The minimum Gasteiger partial charge on any atom is -0.368 e. The number of nitrogens with one attached hydrogen (secondary N) is 2. The Morgan fingerprint density at radius 3 is 2.44 bits per heavy atom. The van der Waals surface area contributed by atoms with E-state index in [1.165, 1.54) is 18.2 Å². The van der Waals surface area contributed by atoms with Crippen LogP contribution in [0.5, 0.6) is 0 Å². The molecule has 152 valence electrons. The van der Waals surface area contributed by atoms with Crippen LogP contribution < -0.4 is 16.4 Å². The summed E-state index contributed by atoms with van der Waals surface area (Å²) in [5.41, 5.74) is 4.97. The fraction of sp³-hybridized carbons (Fsp3) is 0.833. The van der Waals surface area contributed by atoms with Gasteiger partial charge in [0.2, 0.25) is 17.7 Å². The number of hydrogen-bond donors (Lipinski definition) is 3. The van der Waals surface area contributed by atoms with Crippen LogP contribution in [0.1, 0.15) is 45.4 Å². The summed E-state index contributed by atoms with van der Waals surface area (Å²) in [4.78, 5) is 40.5. The Kier molecular flexibility index (Phi) is 6.65. The molecule has 0 aromatic heterocycles. The maximum absolute atomic E-state index is 12.6. The number of nitrogens with two attached hydrogens (primary N) is 1. The monoisotopic (exact) mass is 397 g/mol. The molecule has 0 bridgehead atoms. The molecular weight excluding hydrogens is 366 g/mol. The lowest BCUT2D eigenvalue weighted by Gasteiger charge is -2.48. The van der Waals surface area contributed by atoms with Gasteiger partial charge in [-0.1, -0.05) is 6.42 Å². The number of likely N-dealkylation sites (tertiary alicyclic amines) is 2. The first-order valence-electron chi connectivity index (χ1n) is 9.90.